The number of imide groups is 1. The molecule has 3 heterocycles. The summed E-state index contributed by atoms with van der Waals surface area (Å²) in [7, 11) is -4.41. The minimum absolute atomic E-state index is 0.134. The number of amides is 3. The quantitative estimate of drug-likeness (QED) is 0.0767. The number of hydrogen-bond acceptors (Lipinski definition) is 6. The van der Waals surface area contributed by atoms with Crippen molar-refractivity contribution in [3.63, 3.8) is 0 Å². The lowest BCUT2D eigenvalue weighted by atomic mass is 9.81. The van der Waals surface area contributed by atoms with Crippen LogP contribution in [0, 0.1) is 6.92 Å². The summed E-state index contributed by atoms with van der Waals surface area (Å²) in [5.74, 6) is -0.873. The lowest BCUT2D eigenvalue weighted by molar-refractivity contribution is -0.438. The van der Waals surface area contributed by atoms with E-state index in [-0.39, 0.29) is 41.1 Å². The van der Waals surface area contributed by atoms with Gasteiger partial charge in [-0.3, -0.25) is 23.8 Å². The molecule has 3 aliphatic heterocycles. The number of hydrogen-bond donors (Lipinski definition) is 2. The van der Waals surface area contributed by atoms with E-state index in [1.807, 2.05) is 18.2 Å². The van der Waals surface area contributed by atoms with Crippen molar-refractivity contribution in [3.8, 4) is 0 Å². The zero-order chi connectivity index (χ0) is 41.7. The van der Waals surface area contributed by atoms with Gasteiger partial charge in [0.05, 0.1) is 10.3 Å². The number of aryl methyl sites for hydroxylation is 1. The highest BCUT2D eigenvalue weighted by Crippen LogP contribution is 2.48. The van der Waals surface area contributed by atoms with Gasteiger partial charge in [0.2, 0.25) is 11.6 Å². The van der Waals surface area contributed by atoms with Gasteiger partial charge in [-0.2, -0.15) is 13.0 Å². The standard InChI is InChI=1S/C47H54N4O6S/c1-34-22-24-39-37(32-34)46(2,3)41(50(39)30-15-18-35-16-10-7-6-8-11-17-35)19-14-20-42-47(4,5)38-33-36(58(55,56)57)23-25-40(38)49(42)29-13-9-12-21-43(52)48-28-31-51-44(53)26-27-45(51)54/h6-8,10-11,14,16-17,19-20,22-27,32-33H,9,12-13,15,18,21,28-31H2,1-5H3,(H-,48,52,55,56,57)/p+1/b7-6-,8-6?,10-7?,11-8-,16-10?,17-11?,35-16?,35-17?. The maximum Gasteiger partial charge on any atom is 0.294 e. The molecule has 0 fully saturated rings. The van der Waals surface area contributed by atoms with E-state index in [0.717, 1.165) is 54.1 Å². The highest BCUT2D eigenvalue weighted by Gasteiger charge is 2.45. The van der Waals surface area contributed by atoms with Crippen molar-refractivity contribution in [2.24, 2.45) is 0 Å². The first-order valence-corrected chi connectivity index (χ1v) is 21.6. The van der Waals surface area contributed by atoms with Crippen LogP contribution in [0.1, 0.15) is 82.9 Å². The third kappa shape index (κ3) is 9.32. The van der Waals surface area contributed by atoms with Gasteiger partial charge in [-0.15, -0.1) is 0 Å². The van der Waals surface area contributed by atoms with E-state index in [2.05, 4.69) is 110 Å². The van der Waals surface area contributed by atoms with Crippen molar-refractivity contribution in [1.82, 2.24) is 10.2 Å². The van der Waals surface area contributed by atoms with Crippen LogP contribution in [0.15, 0.2) is 125 Å². The monoisotopic (exact) mass is 803 g/mol. The molecule has 3 amide bonds. The fourth-order valence-electron chi connectivity index (χ4n) is 8.31. The van der Waals surface area contributed by atoms with Crippen LogP contribution in [0.2, 0.25) is 0 Å². The largest absolute Gasteiger partial charge is 0.354 e. The van der Waals surface area contributed by atoms with E-state index in [0.29, 0.717) is 19.4 Å². The molecule has 0 bridgehead atoms. The molecule has 0 radical (unpaired) electrons. The number of nitrogens with one attached hydrogen (secondary N) is 1. The fourth-order valence-corrected chi connectivity index (χ4v) is 8.82. The Hall–Kier alpha value is -5.39. The van der Waals surface area contributed by atoms with Gasteiger partial charge < -0.3 is 10.2 Å². The number of allylic oxidation sites excluding steroid dienone is 12. The Bertz CT molecular complexity index is 2320. The zero-order valence-corrected chi connectivity index (χ0v) is 35.0. The van der Waals surface area contributed by atoms with Gasteiger partial charge in [-0.25, -0.2) is 0 Å². The smallest absolute Gasteiger partial charge is 0.294 e. The van der Waals surface area contributed by atoms with Crippen molar-refractivity contribution in [1.29, 1.82) is 0 Å². The van der Waals surface area contributed by atoms with Gasteiger partial charge in [0, 0.05) is 79.1 Å². The summed E-state index contributed by atoms with van der Waals surface area (Å²) in [6.45, 7) is 12.7. The molecule has 10 nitrogen and oxygen atoms in total. The van der Waals surface area contributed by atoms with E-state index in [1.54, 1.807) is 12.1 Å². The maximum absolute atomic E-state index is 12.5. The molecule has 0 saturated heterocycles. The van der Waals surface area contributed by atoms with E-state index < -0.39 is 15.5 Å². The fraction of sp³-hybridized carbons (Fsp3) is 0.362. The topological polar surface area (TPSA) is 127 Å². The van der Waals surface area contributed by atoms with E-state index in [4.69, 9.17) is 0 Å². The minimum Gasteiger partial charge on any atom is -0.354 e. The van der Waals surface area contributed by atoms with E-state index in [9.17, 15) is 27.4 Å². The van der Waals surface area contributed by atoms with Crippen LogP contribution < -0.4 is 10.2 Å². The van der Waals surface area contributed by atoms with Gasteiger partial charge in [0.1, 0.15) is 6.54 Å². The van der Waals surface area contributed by atoms with Crippen LogP contribution in [-0.4, -0.2) is 72.1 Å². The lowest BCUT2D eigenvalue weighted by Gasteiger charge is -2.27. The number of unbranched alkanes of at least 4 members (excludes halogenated alkanes) is 2. The normalized spacial score (nSPS) is 19.8. The molecule has 6 rings (SSSR count). The second-order valence-electron chi connectivity index (χ2n) is 16.3. The molecule has 0 spiro atoms. The molecule has 0 unspecified atom stereocenters. The summed E-state index contributed by atoms with van der Waals surface area (Å²) < 4.78 is 36.6. The molecule has 304 valence electrons. The number of carbonyl (C=O) groups excluding carboxylic acids is 3. The summed E-state index contributed by atoms with van der Waals surface area (Å²) in [5.41, 5.74) is 8.13. The molecule has 0 atom stereocenters. The average Bonchev–Trinajstić information content (AvgIpc) is 3.66. The van der Waals surface area contributed by atoms with Crippen molar-refractivity contribution < 1.29 is 31.9 Å². The first-order valence-electron chi connectivity index (χ1n) is 20.1. The third-order valence-electron chi connectivity index (χ3n) is 11.5. The van der Waals surface area contributed by atoms with Gasteiger partial charge in [0.15, 0.2) is 5.71 Å². The summed E-state index contributed by atoms with van der Waals surface area (Å²) in [6, 6.07) is 11.5. The van der Waals surface area contributed by atoms with Crippen molar-refractivity contribution in [2.45, 2.75) is 88.9 Å². The highest BCUT2D eigenvalue weighted by molar-refractivity contribution is 7.85. The molecule has 11 heteroatoms. The van der Waals surface area contributed by atoms with Crippen LogP contribution in [0.5, 0.6) is 0 Å². The Morgan fingerprint density at radius 1 is 0.828 bits per heavy atom. The van der Waals surface area contributed by atoms with E-state index in [1.165, 1.54) is 46.3 Å². The zero-order valence-electron chi connectivity index (χ0n) is 34.2. The predicted octanol–water partition coefficient (Wildman–Crippen LogP) is 7.85. The number of anilines is 1. The number of nitrogens with zero attached hydrogens (tertiary/aromatic N) is 3. The second-order valence-corrected chi connectivity index (χ2v) is 17.7. The minimum atomic E-state index is -4.41. The number of fused-ring (bicyclic) bond motifs is 2. The van der Waals surface area contributed by atoms with E-state index >= 15 is 0 Å². The Balaban J connectivity index is 1.20. The summed E-state index contributed by atoms with van der Waals surface area (Å²) in [6.07, 6.45) is 28.0. The SMILES string of the molecule is Cc1ccc2c(c1)C(C)(C)C(=CC=CC1=[N+](CCCCCC(=O)NCCN3C(=O)C=CC3=O)c3ccc(S(=O)(=O)O)cc3C1(C)C)N2CCCC1=C/C=C\C=C/C=C1. The molecule has 2 aromatic carbocycles. The molecule has 2 N–H and O–H groups in total. The molecule has 0 saturated carbocycles. The van der Waals surface area contributed by atoms with Crippen molar-refractivity contribution in [3.05, 3.63) is 137 Å². The number of carbonyl (C=O) groups is 3. The molecule has 58 heavy (non-hydrogen) atoms. The lowest BCUT2D eigenvalue weighted by Crippen LogP contribution is -2.38. The molecule has 1 aliphatic carbocycles. The third-order valence-corrected chi connectivity index (χ3v) is 12.3. The Labute approximate surface area is 343 Å². The average molecular weight is 804 g/mol. The van der Waals surface area contributed by atoms with Gasteiger partial charge >= 0.3 is 0 Å². The second kappa shape index (κ2) is 17.6. The predicted molar refractivity (Wildman–Crippen MR) is 230 cm³/mol. The Morgan fingerprint density at radius 2 is 1.57 bits per heavy atom. The first-order chi connectivity index (χ1) is 27.6. The van der Waals surface area contributed by atoms with Crippen molar-refractivity contribution >= 4 is 44.9 Å². The van der Waals surface area contributed by atoms with Crippen LogP contribution in [0.3, 0.4) is 0 Å². The van der Waals surface area contributed by atoms with Gasteiger partial charge in [0.25, 0.3) is 21.9 Å². The Morgan fingerprint density at radius 3 is 2.33 bits per heavy atom. The highest BCUT2D eigenvalue weighted by atomic mass is 32.2. The molecular weight excluding hydrogens is 749 g/mol. The maximum atomic E-state index is 12.5. The summed E-state index contributed by atoms with van der Waals surface area (Å²) in [5, 5.41) is 2.80. The number of benzene rings is 2. The van der Waals surface area contributed by atoms with Gasteiger partial charge in [-0.1, -0.05) is 80.2 Å². The summed E-state index contributed by atoms with van der Waals surface area (Å²) >= 11 is 0. The molecule has 2 aromatic rings. The van der Waals surface area contributed by atoms with Crippen LogP contribution in [0.25, 0.3) is 0 Å². The first kappa shape index (κ1) is 42.2. The van der Waals surface area contributed by atoms with Gasteiger partial charge in [-0.05, 0) is 81.9 Å². The van der Waals surface area contributed by atoms with Crippen LogP contribution in [-0.2, 0) is 35.3 Å². The molecular formula is C47H55N4O6S+. The Kier molecular flexibility index (Phi) is 12.8. The van der Waals surface area contributed by atoms with Crippen molar-refractivity contribution in [2.75, 3.05) is 31.1 Å². The molecule has 4 aliphatic rings. The summed E-state index contributed by atoms with van der Waals surface area (Å²) in [4.78, 5) is 39.5. The van der Waals surface area contributed by atoms with Crippen LogP contribution >= 0.6 is 0 Å². The number of rotatable bonds is 16. The van der Waals surface area contributed by atoms with Crippen LogP contribution in [0.4, 0.5) is 11.4 Å². The molecule has 0 aromatic heterocycles.